The Hall–Kier alpha value is -3.09. The first-order chi connectivity index (χ1) is 11.1. The minimum absolute atomic E-state index is 0.0228. The highest BCUT2D eigenvalue weighted by atomic mass is 19.1. The summed E-state index contributed by atoms with van der Waals surface area (Å²) < 4.78 is 19.6. The number of phenolic OH excluding ortho intramolecular Hbond substituents is 1. The van der Waals surface area contributed by atoms with Crippen LogP contribution < -0.4 is 11.1 Å². The summed E-state index contributed by atoms with van der Waals surface area (Å²) in [6, 6.07) is 10.1. The van der Waals surface area contributed by atoms with Crippen molar-refractivity contribution in [2.45, 2.75) is 6.42 Å². The number of nitrogens with zero attached hydrogens (tertiary/aromatic N) is 2. The van der Waals surface area contributed by atoms with Crippen LogP contribution in [0.3, 0.4) is 0 Å². The summed E-state index contributed by atoms with van der Waals surface area (Å²) in [7, 11) is 0. The molecule has 0 aliphatic rings. The number of aromatic nitrogens is 2. The number of nitrogen functional groups attached to an aromatic ring is 1. The first kappa shape index (κ1) is 14.8. The van der Waals surface area contributed by atoms with Gasteiger partial charge in [0.2, 0.25) is 5.95 Å². The molecule has 0 unspecified atom stereocenters. The van der Waals surface area contributed by atoms with E-state index in [1.807, 2.05) is 0 Å². The number of phenols is 1. The summed E-state index contributed by atoms with van der Waals surface area (Å²) in [5.74, 6) is -0.120. The van der Waals surface area contributed by atoms with Gasteiger partial charge in [-0.05, 0) is 36.2 Å². The Kier molecular flexibility index (Phi) is 4.09. The zero-order chi connectivity index (χ0) is 16.2. The third kappa shape index (κ3) is 3.39. The second-order valence-corrected chi connectivity index (χ2v) is 4.91. The molecule has 0 amide bonds. The number of anilines is 2. The van der Waals surface area contributed by atoms with Crippen LogP contribution in [0.25, 0.3) is 11.5 Å². The maximum atomic E-state index is 14.5. The van der Waals surface area contributed by atoms with E-state index in [-0.39, 0.29) is 29.0 Å². The number of hydrogen-bond donors (Lipinski definition) is 3. The van der Waals surface area contributed by atoms with Crippen molar-refractivity contribution in [2.75, 3.05) is 17.6 Å². The highest BCUT2D eigenvalue weighted by Gasteiger charge is 2.16. The number of hydrogen-bond acceptors (Lipinski definition) is 6. The Bertz CT molecular complexity index is 789. The fraction of sp³-hybridized carbons (Fsp3) is 0.125. The first-order valence-corrected chi connectivity index (χ1v) is 7.02. The van der Waals surface area contributed by atoms with E-state index >= 15 is 0 Å². The molecule has 0 saturated heterocycles. The monoisotopic (exact) mass is 314 g/mol. The Morgan fingerprint density at radius 3 is 2.65 bits per heavy atom. The van der Waals surface area contributed by atoms with Crippen LogP contribution in [0.2, 0.25) is 0 Å². The van der Waals surface area contributed by atoms with Crippen LogP contribution in [-0.2, 0) is 6.42 Å². The van der Waals surface area contributed by atoms with E-state index in [0.29, 0.717) is 13.0 Å². The SMILES string of the molecule is Nc1nc(NCCc2ccc(O)cc2)c(F)c(-c2ccco2)n1. The zero-order valence-corrected chi connectivity index (χ0v) is 12.2. The third-order valence-corrected chi connectivity index (χ3v) is 3.27. The molecule has 3 rings (SSSR count). The molecule has 118 valence electrons. The van der Waals surface area contributed by atoms with E-state index in [1.54, 1.807) is 36.4 Å². The Morgan fingerprint density at radius 2 is 1.96 bits per heavy atom. The van der Waals surface area contributed by atoms with Crippen molar-refractivity contribution in [3.05, 3.63) is 54.0 Å². The molecule has 6 nitrogen and oxygen atoms in total. The lowest BCUT2D eigenvalue weighted by Crippen LogP contribution is -2.11. The predicted octanol–water partition coefficient (Wildman–Crippen LogP) is 2.82. The number of nitrogens with two attached hydrogens (primary N) is 1. The molecule has 0 radical (unpaired) electrons. The molecule has 4 N–H and O–H groups in total. The normalized spacial score (nSPS) is 10.7. The molecule has 0 saturated carbocycles. The minimum Gasteiger partial charge on any atom is -0.508 e. The number of halogens is 1. The van der Waals surface area contributed by atoms with Crippen molar-refractivity contribution < 1.29 is 13.9 Å². The molecule has 0 spiro atoms. The number of benzene rings is 1. The number of rotatable bonds is 5. The van der Waals surface area contributed by atoms with Crippen LogP contribution >= 0.6 is 0 Å². The van der Waals surface area contributed by atoms with Gasteiger partial charge in [0, 0.05) is 6.54 Å². The lowest BCUT2D eigenvalue weighted by molar-refractivity contribution is 0.475. The zero-order valence-electron chi connectivity index (χ0n) is 12.2. The quantitative estimate of drug-likeness (QED) is 0.670. The van der Waals surface area contributed by atoms with Crippen LogP contribution in [0.5, 0.6) is 5.75 Å². The molecule has 7 heteroatoms. The summed E-state index contributed by atoms with van der Waals surface area (Å²) in [6.07, 6.45) is 2.07. The van der Waals surface area contributed by atoms with Gasteiger partial charge in [-0.3, -0.25) is 0 Å². The summed E-state index contributed by atoms with van der Waals surface area (Å²) in [5.41, 5.74) is 6.66. The van der Waals surface area contributed by atoms with Crippen LogP contribution in [0, 0.1) is 5.82 Å². The molecular weight excluding hydrogens is 299 g/mol. The largest absolute Gasteiger partial charge is 0.508 e. The van der Waals surface area contributed by atoms with Crippen molar-refractivity contribution in [1.29, 1.82) is 0 Å². The average Bonchev–Trinajstić information content (AvgIpc) is 3.06. The van der Waals surface area contributed by atoms with Gasteiger partial charge < -0.3 is 20.6 Å². The topological polar surface area (TPSA) is 97.2 Å². The molecular formula is C16H15FN4O2. The van der Waals surface area contributed by atoms with Gasteiger partial charge in [-0.25, -0.2) is 9.37 Å². The second kappa shape index (κ2) is 6.35. The maximum Gasteiger partial charge on any atom is 0.222 e. The average molecular weight is 314 g/mol. The van der Waals surface area contributed by atoms with Gasteiger partial charge >= 0.3 is 0 Å². The molecule has 0 aliphatic heterocycles. The van der Waals surface area contributed by atoms with Gasteiger partial charge in [0.25, 0.3) is 0 Å². The summed E-state index contributed by atoms with van der Waals surface area (Å²) in [6.45, 7) is 0.454. The molecule has 23 heavy (non-hydrogen) atoms. The molecule has 0 aliphatic carbocycles. The summed E-state index contributed by atoms with van der Waals surface area (Å²) >= 11 is 0. The van der Waals surface area contributed by atoms with Crippen LogP contribution in [0.1, 0.15) is 5.56 Å². The standard InChI is InChI=1S/C16H15FN4O2/c17-13-14(12-2-1-9-23-12)20-16(18)21-15(13)19-8-7-10-3-5-11(22)6-4-10/h1-6,9,22H,7-8H2,(H3,18,19,20,21). The first-order valence-electron chi connectivity index (χ1n) is 7.02. The van der Waals surface area contributed by atoms with E-state index in [2.05, 4.69) is 15.3 Å². The lowest BCUT2D eigenvalue weighted by atomic mass is 10.1. The third-order valence-electron chi connectivity index (χ3n) is 3.27. The Labute approximate surface area is 131 Å². The Morgan fingerprint density at radius 1 is 1.17 bits per heavy atom. The maximum absolute atomic E-state index is 14.5. The smallest absolute Gasteiger partial charge is 0.222 e. The predicted molar refractivity (Wildman–Crippen MR) is 84.4 cm³/mol. The van der Waals surface area contributed by atoms with Crippen LogP contribution in [0.4, 0.5) is 16.2 Å². The van der Waals surface area contributed by atoms with Gasteiger partial charge in [0.15, 0.2) is 17.4 Å². The van der Waals surface area contributed by atoms with E-state index < -0.39 is 5.82 Å². The van der Waals surface area contributed by atoms with Crippen molar-refractivity contribution in [3.63, 3.8) is 0 Å². The van der Waals surface area contributed by atoms with Crippen LogP contribution in [-0.4, -0.2) is 21.6 Å². The highest BCUT2D eigenvalue weighted by Crippen LogP contribution is 2.25. The summed E-state index contributed by atoms with van der Waals surface area (Å²) in [5, 5.41) is 12.2. The lowest BCUT2D eigenvalue weighted by Gasteiger charge is -2.09. The van der Waals surface area contributed by atoms with Gasteiger partial charge in [-0.15, -0.1) is 0 Å². The molecule has 2 heterocycles. The van der Waals surface area contributed by atoms with Gasteiger partial charge in [-0.1, -0.05) is 12.1 Å². The number of nitrogens with one attached hydrogen (secondary N) is 1. The van der Waals surface area contributed by atoms with Crippen molar-refractivity contribution in [2.24, 2.45) is 0 Å². The summed E-state index contributed by atoms with van der Waals surface area (Å²) in [4.78, 5) is 7.77. The fourth-order valence-corrected chi connectivity index (χ4v) is 2.15. The van der Waals surface area contributed by atoms with E-state index in [1.165, 1.54) is 6.26 Å². The van der Waals surface area contributed by atoms with E-state index in [4.69, 9.17) is 10.2 Å². The van der Waals surface area contributed by atoms with Crippen molar-refractivity contribution in [1.82, 2.24) is 9.97 Å². The van der Waals surface area contributed by atoms with Gasteiger partial charge in [0.05, 0.1) is 6.26 Å². The number of furan rings is 1. The van der Waals surface area contributed by atoms with Gasteiger partial charge in [-0.2, -0.15) is 4.98 Å². The molecule has 1 aromatic carbocycles. The minimum atomic E-state index is -0.611. The van der Waals surface area contributed by atoms with Gasteiger partial charge in [0.1, 0.15) is 11.4 Å². The molecule has 0 atom stereocenters. The van der Waals surface area contributed by atoms with Crippen molar-refractivity contribution >= 4 is 11.8 Å². The number of aromatic hydroxyl groups is 1. The molecule has 3 aromatic rings. The molecule has 2 aromatic heterocycles. The second-order valence-electron chi connectivity index (χ2n) is 4.91. The van der Waals surface area contributed by atoms with E-state index in [9.17, 15) is 9.50 Å². The van der Waals surface area contributed by atoms with Crippen LogP contribution in [0.15, 0.2) is 47.1 Å². The van der Waals surface area contributed by atoms with Crippen molar-refractivity contribution in [3.8, 4) is 17.2 Å². The fourth-order valence-electron chi connectivity index (χ4n) is 2.15. The molecule has 0 fully saturated rings. The molecule has 0 bridgehead atoms. The highest BCUT2D eigenvalue weighted by molar-refractivity contribution is 5.60. The van der Waals surface area contributed by atoms with E-state index in [0.717, 1.165) is 5.56 Å². The Balaban J connectivity index is 1.74.